The molecule has 2 aromatic rings. The first-order chi connectivity index (χ1) is 14.9. The van der Waals surface area contributed by atoms with Crippen molar-refractivity contribution in [2.75, 3.05) is 5.32 Å². The molecule has 3 fully saturated rings. The van der Waals surface area contributed by atoms with E-state index in [1.165, 1.54) is 4.90 Å². The zero-order valence-electron chi connectivity index (χ0n) is 18.0. The Labute approximate surface area is 182 Å². The lowest BCUT2D eigenvalue weighted by Crippen LogP contribution is -2.49. The molecule has 5 heteroatoms. The molecule has 5 rings (SSSR count). The van der Waals surface area contributed by atoms with E-state index in [0.29, 0.717) is 23.9 Å². The van der Waals surface area contributed by atoms with E-state index in [1.807, 2.05) is 62.4 Å². The van der Waals surface area contributed by atoms with Crippen molar-refractivity contribution in [3.05, 3.63) is 65.2 Å². The van der Waals surface area contributed by atoms with Gasteiger partial charge in [0.15, 0.2) is 0 Å². The highest BCUT2D eigenvalue weighted by Crippen LogP contribution is 2.56. The molecular weight excluding hydrogens is 388 g/mol. The van der Waals surface area contributed by atoms with Crippen molar-refractivity contribution in [3.63, 3.8) is 0 Å². The van der Waals surface area contributed by atoms with Crippen molar-refractivity contribution in [2.24, 2.45) is 23.7 Å². The maximum Gasteiger partial charge on any atom is 0.248 e. The highest BCUT2D eigenvalue weighted by molar-refractivity contribution is 6.10. The third kappa shape index (κ3) is 3.46. The first-order valence-corrected chi connectivity index (χ1v) is 11.2. The Morgan fingerprint density at radius 3 is 2.13 bits per heavy atom. The second-order valence-corrected chi connectivity index (χ2v) is 9.50. The van der Waals surface area contributed by atoms with Crippen molar-refractivity contribution in [2.45, 2.75) is 45.6 Å². The zero-order valence-corrected chi connectivity index (χ0v) is 18.0. The Morgan fingerprint density at radius 1 is 0.968 bits per heavy atom. The Kier molecular flexibility index (Phi) is 4.92. The Morgan fingerprint density at radius 2 is 1.55 bits per heavy atom. The molecule has 3 aliphatic rings. The summed E-state index contributed by atoms with van der Waals surface area (Å²) in [5.41, 5.74) is 3.73. The van der Waals surface area contributed by atoms with Crippen LogP contribution in [0.25, 0.3) is 0 Å². The second kappa shape index (κ2) is 7.63. The topological polar surface area (TPSA) is 66.5 Å². The van der Waals surface area contributed by atoms with Gasteiger partial charge in [0.2, 0.25) is 17.7 Å². The van der Waals surface area contributed by atoms with Gasteiger partial charge in [0.05, 0.1) is 11.8 Å². The van der Waals surface area contributed by atoms with Gasteiger partial charge in [-0.05, 0) is 73.8 Å². The predicted octanol–water partition coefficient (Wildman–Crippen LogP) is 3.88. The summed E-state index contributed by atoms with van der Waals surface area (Å²) >= 11 is 0. The summed E-state index contributed by atoms with van der Waals surface area (Å²) in [4.78, 5) is 41.6. The number of nitrogens with one attached hydrogen (secondary N) is 1. The first kappa shape index (κ1) is 20.0. The number of hydrogen-bond donors (Lipinski definition) is 1. The van der Waals surface area contributed by atoms with Gasteiger partial charge in [-0.3, -0.25) is 19.3 Å². The molecule has 1 saturated heterocycles. The van der Waals surface area contributed by atoms with Crippen LogP contribution in [0.15, 0.2) is 48.5 Å². The number of fused-ring (bicyclic) bond motifs is 5. The summed E-state index contributed by atoms with van der Waals surface area (Å²) in [5.74, 6) is -0.426. The van der Waals surface area contributed by atoms with E-state index in [0.717, 1.165) is 36.0 Å². The van der Waals surface area contributed by atoms with Gasteiger partial charge in [0.25, 0.3) is 0 Å². The summed E-state index contributed by atoms with van der Waals surface area (Å²) in [6, 6.07) is 14.6. The molecule has 5 atom stereocenters. The van der Waals surface area contributed by atoms with Gasteiger partial charge in [-0.1, -0.05) is 36.4 Å². The minimum atomic E-state index is -0.840. The molecule has 0 unspecified atom stereocenters. The molecule has 2 aromatic carbocycles. The van der Waals surface area contributed by atoms with E-state index >= 15 is 0 Å². The number of anilines is 1. The monoisotopic (exact) mass is 416 g/mol. The number of nitrogens with zero attached hydrogens (tertiary/aromatic N) is 1. The van der Waals surface area contributed by atoms with Crippen molar-refractivity contribution in [1.29, 1.82) is 0 Å². The standard InChI is InChI=1S/C26H28N2O3/c1-15-10-16(2)12-20(11-15)27-24(29)21(13-17-6-4-3-5-7-17)28-25(30)22-18-8-9-19(14-18)23(22)26(28)31/h3-7,10-12,18-19,21-23H,8-9,13-14H2,1-2H3,(H,27,29)/t18-,19+,21-,22-,23+/m1/s1. The molecule has 1 heterocycles. The second-order valence-electron chi connectivity index (χ2n) is 9.50. The summed E-state index contributed by atoms with van der Waals surface area (Å²) in [7, 11) is 0. The zero-order chi connectivity index (χ0) is 21.7. The van der Waals surface area contributed by atoms with Crippen LogP contribution in [-0.2, 0) is 20.8 Å². The number of hydrogen-bond acceptors (Lipinski definition) is 3. The van der Waals surface area contributed by atoms with Gasteiger partial charge in [0.1, 0.15) is 6.04 Å². The van der Waals surface area contributed by atoms with Gasteiger partial charge < -0.3 is 5.32 Å². The van der Waals surface area contributed by atoms with Crippen LogP contribution in [0.3, 0.4) is 0 Å². The highest BCUT2D eigenvalue weighted by Gasteiger charge is 2.62. The van der Waals surface area contributed by atoms with Crippen LogP contribution in [0, 0.1) is 37.5 Å². The maximum atomic E-state index is 13.5. The van der Waals surface area contributed by atoms with Crippen LogP contribution in [0.2, 0.25) is 0 Å². The molecule has 160 valence electrons. The number of imide groups is 1. The van der Waals surface area contributed by atoms with Crippen molar-refractivity contribution < 1.29 is 14.4 Å². The number of carbonyl (C=O) groups is 3. The number of carbonyl (C=O) groups excluding carboxylic acids is 3. The Balaban J connectivity index is 1.46. The molecule has 0 spiro atoms. The number of rotatable bonds is 5. The van der Waals surface area contributed by atoms with E-state index in [-0.39, 0.29) is 29.6 Å². The average Bonchev–Trinajstić information content (AvgIpc) is 3.40. The molecule has 2 saturated carbocycles. The van der Waals surface area contributed by atoms with Crippen LogP contribution in [0.1, 0.15) is 36.0 Å². The minimum absolute atomic E-state index is 0.140. The minimum Gasteiger partial charge on any atom is -0.324 e. The molecule has 1 N–H and O–H groups in total. The van der Waals surface area contributed by atoms with Crippen LogP contribution >= 0.6 is 0 Å². The van der Waals surface area contributed by atoms with Crippen molar-refractivity contribution >= 4 is 23.4 Å². The molecule has 0 radical (unpaired) electrons. The molecule has 1 aliphatic heterocycles. The lowest BCUT2D eigenvalue weighted by atomic mass is 9.81. The van der Waals surface area contributed by atoms with Crippen molar-refractivity contribution in [3.8, 4) is 0 Å². The summed E-state index contributed by atoms with van der Waals surface area (Å²) in [6.07, 6.45) is 3.36. The van der Waals surface area contributed by atoms with Crippen LogP contribution in [0.4, 0.5) is 5.69 Å². The van der Waals surface area contributed by atoms with Crippen LogP contribution in [-0.4, -0.2) is 28.7 Å². The average molecular weight is 417 g/mol. The fraction of sp³-hybridized carbons (Fsp3) is 0.423. The largest absolute Gasteiger partial charge is 0.324 e. The third-order valence-corrected chi connectivity index (χ3v) is 7.34. The first-order valence-electron chi connectivity index (χ1n) is 11.2. The van der Waals surface area contributed by atoms with E-state index in [1.54, 1.807) is 0 Å². The SMILES string of the molecule is Cc1cc(C)cc(NC(=O)[C@@H](Cc2ccccc2)N2C(=O)[C@@H]3[C@@H]4CC[C@@H](C4)[C@@H]3C2=O)c1. The summed E-state index contributed by atoms with van der Waals surface area (Å²) in [6.45, 7) is 3.96. The molecule has 31 heavy (non-hydrogen) atoms. The van der Waals surface area contributed by atoms with E-state index < -0.39 is 6.04 Å². The Hall–Kier alpha value is -2.95. The maximum absolute atomic E-state index is 13.5. The molecule has 2 bridgehead atoms. The molecular formula is C26H28N2O3. The van der Waals surface area contributed by atoms with Crippen LogP contribution in [0.5, 0.6) is 0 Å². The van der Waals surface area contributed by atoms with E-state index in [9.17, 15) is 14.4 Å². The fourth-order valence-corrected chi connectivity index (χ4v) is 6.15. The smallest absolute Gasteiger partial charge is 0.248 e. The predicted molar refractivity (Wildman–Crippen MR) is 118 cm³/mol. The number of amides is 3. The van der Waals surface area contributed by atoms with E-state index in [2.05, 4.69) is 5.32 Å². The van der Waals surface area contributed by atoms with Crippen LogP contribution < -0.4 is 5.32 Å². The fourth-order valence-electron chi connectivity index (χ4n) is 6.15. The quantitative estimate of drug-likeness (QED) is 0.752. The third-order valence-electron chi connectivity index (χ3n) is 7.34. The van der Waals surface area contributed by atoms with Crippen molar-refractivity contribution in [1.82, 2.24) is 4.90 Å². The highest BCUT2D eigenvalue weighted by atomic mass is 16.2. The normalized spacial score (nSPS) is 27.5. The molecule has 5 nitrogen and oxygen atoms in total. The van der Waals surface area contributed by atoms with Gasteiger partial charge in [-0.25, -0.2) is 0 Å². The number of aryl methyl sites for hydroxylation is 2. The lowest BCUT2D eigenvalue weighted by Gasteiger charge is -2.27. The van der Waals surface area contributed by atoms with E-state index in [4.69, 9.17) is 0 Å². The lowest BCUT2D eigenvalue weighted by molar-refractivity contribution is -0.147. The molecule has 2 aliphatic carbocycles. The van der Waals surface area contributed by atoms with Gasteiger partial charge in [-0.15, -0.1) is 0 Å². The molecule has 0 aromatic heterocycles. The number of benzene rings is 2. The van der Waals surface area contributed by atoms with Gasteiger partial charge in [-0.2, -0.15) is 0 Å². The number of likely N-dealkylation sites (tertiary alicyclic amines) is 1. The van der Waals surface area contributed by atoms with Gasteiger partial charge in [0, 0.05) is 12.1 Å². The Bertz CT molecular complexity index is 1000. The van der Waals surface area contributed by atoms with Gasteiger partial charge >= 0.3 is 0 Å². The summed E-state index contributed by atoms with van der Waals surface area (Å²) < 4.78 is 0. The summed E-state index contributed by atoms with van der Waals surface area (Å²) in [5, 5.41) is 2.98. The molecule has 3 amide bonds.